The van der Waals surface area contributed by atoms with Gasteiger partial charge in [0.05, 0.1) is 11.3 Å². The summed E-state index contributed by atoms with van der Waals surface area (Å²) in [6.07, 6.45) is 1.40. The Hall–Kier alpha value is -1.92. The molecule has 2 rings (SSSR count). The van der Waals surface area contributed by atoms with Crippen LogP contribution in [-0.4, -0.2) is 22.0 Å². The first-order chi connectivity index (χ1) is 9.47. The van der Waals surface area contributed by atoms with Gasteiger partial charge in [-0.15, -0.1) is 0 Å². The minimum atomic E-state index is -1.14. The molecule has 0 atom stereocenters. The molecule has 2 aromatic rings. The van der Waals surface area contributed by atoms with E-state index in [0.717, 1.165) is 0 Å². The first-order valence-corrected chi connectivity index (χ1v) is 6.60. The van der Waals surface area contributed by atoms with E-state index in [0.29, 0.717) is 9.50 Å². The van der Waals surface area contributed by atoms with E-state index in [1.165, 1.54) is 24.4 Å². The molecule has 0 unspecified atom stereocenters. The fourth-order valence-corrected chi connectivity index (χ4v) is 2.04. The van der Waals surface area contributed by atoms with Crippen LogP contribution in [0.25, 0.3) is 0 Å². The smallest absolute Gasteiger partial charge is 0.337 e. The number of carboxylic acid groups (broad SMARTS) is 1. The maximum Gasteiger partial charge on any atom is 0.337 e. The number of carbonyl (C=O) groups is 2. The summed E-state index contributed by atoms with van der Waals surface area (Å²) < 4.78 is 0.605. The monoisotopic (exact) mass is 354 g/mol. The van der Waals surface area contributed by atoms with Gasteiger partial charge in [0.2, 0.25) is 0 Å². The highest BCUT2D eigenvalue weighted by Gasteiger charge is 2.15. The van der Waals surface area contributed by atoms with Crippen LogP contribution in [0.5, 0.6) is 0 Å². The van der Waals surface area contributed by atoms with Gasteiger partial charge in [-0.1, -0.05) is 27.5 Å². The molecule has 0 aliphatic carbocycles. The second-order valence-corrected chi connectivity index (χ2v) is 5.16. The molecule has 2 N–H and O–H groups in total. The average molecular weight is 356 g/mol. The number of amides is 1. The van der Waals surface area contributed by atoms with Crippen LogP contribution in [0.4, 0.5) is 5.69 Å². The summed E-state index contributed by atoms with van der Waals surface area (Å²) in [4.78, 5) is 27.0. The third kappa shape index (κ3) is 3.34. The fourth-order valence-electron chi connectivity index (χ4n) is 1.52. The quantitative estimate of drug-likeness (QED) is 0.884. The van der Waals surface area contributed by atoms with Crippen molar-refractivity contribution < 1.29 is 14.7 Å². The molecule has 0 radical (unpaired) electrons. The van der Waals surface area contributed by atoms with Crippen molar-refractivity contribution in [2.45, 2.75) is 0 Å². The number of nitrogens with one attached hydrogen (secondary N) is 1. The lowest BCUT2D eigenvalue weighted by molar-refractivity contribution is 0.0698. The molecule has 1 amide bonds. The summed E-state index contributed by atoms with van der Waals surface area (Å²) in [6.45, 7) is 0. The van der Waals surface area contributed by atoms with Gasteiger partial charge < -0.3 is 10.4 Å². The predicted octanol–water partition coefficient (Wildman–Crippen LogP) is 3.45. The summed E-state index contributed by atoms with van der Waals surface area (Å²) in [7, 11) is 0. The van der Waals surface area contributed by atoms with E-state index in [4.69, 9.17) is 16.7 Å². The fraction of sp³-hybridized carbons (Fsp3) is 0. The van der Waals surface area contributed by atoms with E-state index in [9.17, 15) is 9.59 Å². The number of aromatic nitrogens is 1. The largest absolute Gasteiger partial charge is 0.478 e. The highest BCUT2D eigenvalue weighted by atomic mass is 79.9. The molecular weight excluding hydrogens is 348 g/mol. The molecule has 0 bridgehead atoms. The SMILES string of the molecule is O=C(Nc1ccc(Br)cc1C(=O)O)c1cc(Cl)ccn1. The van der Waals surface area contributed by atoms with Gasteiger partial charge in [-0.25, -0.2) is 4.79 Å². The van der Waals surface area contributed by atoms with E-state index in [2.05, 4.69) is 26.2 Å². The summed E-state index contributed by atoms with van der Waals surface area (Å²) in [5, 5.41) is 12.0. The number of carboxylic acids is 1. The molecule has 5 nitrogen and oxygen atoms in total. The Labute approximate surface area is 127 Å². The van der Waals surface area contributed by atoms with Crippen LogP contribution in [0.1, 0.15) is 20.8 Å². The molecule has 7 heteroatoms. The summed E-state index contributed by atoms with van der Waals surface area (Å²) in [6, 6.07) is 7.48. The highest BCUT2D eigenvalue weighted by molar-refractivity contribution is 9.10. The van der Waals surface area contributed by atoms with E-state index in [-0.39, 0.29) is 16.9 Å². The lowest BCUT2D eigenvalue weighted by Gasteiger charge is -2.08. The molecule has 0 aliphatic heterocycles. The topological polar surface area (TPSA) is 79.3 Å². The van der Waals surface area contributed by atoms with Crippen LogP contribution in [0.3, 0.4) is 0 Å². The Kier molecular flexibility index (Phi) is 4.36. The number of hydrogen-bond acceptors (Lipinski definition) is 3. The predicted molar refractivity (Wildman–Crippen MR) is 78.3 cm³/mol. The summed E-state index contributed by atoms with van der Waals surface area (Å²) in [5.74, 6) is -1.67. The number of hydrogen-bond donors (Lipinski definition) is 2. The molecule has 0 saturated carbocycles. The average Bonchev–Trinajstić information content (AvgIpc) is 2.40. The Morgan fingerprint density at radius 1 is 1.25 bits per heavy atom. The normalized spacial score (nSPS) is 10.1. The van der Waals surface area contributed by atoms with Gasteiger partial charge >= 0.3 is 5.97 Å². The minimum absolute atomic E-state index is 0.0187. The number of nitrogens with zero attached hydrogens (tertiary/aromatic N) is 1. The maximum atomic E-state index is 12.0. The van der Waals surface area contributed by atoms with Crippen molar-refractivity contribution in [3.05, 3.63) is 57.3 Å². The molecule has 0 fully saturated rings. The number of rotatable bonds is 3. The minimum Gasteiger partial charge on any atom is -0.478 e. The van der Waals surface area contributed by atoms with E-state index < -0.39 is 11.9 Å². The van der Waals surface area contributed by atoms with Gasteiger partial charge in [0, 0.05) is 15.7 Å². The second-order valence-electron chi connectivity index (χ2n) is 3.81. The van der Waals surface area contributed by atoms with Gasteiger partial charge in [-0.3, -0.25) is 9.78 Å². The standard InChI is InChI=1S/C13H8BrClN2O3/c14-7-1-2-10(9(5-7)13(19)20)17-12(18)11-6-8(15)3-4-16-11/h1-6H,(H,17,18)(H,19,20). The van der Waals surface area contributed by atoms with E-state index in [1.807, 2.05) is 0 Å². The Balaban J connectivity index is 2.30. The van der Waals surface area contributed by atoms with E-state index in [1.54, 1.807) is 12.1 Å². The number of anilines is 1. The number of carbonyl (C=O) groups excluding carboxylic acids is 1. The van der Waals surface area contributed by atoms with Gasteiger partial charge in [0.25, 0.3) is 5.91 Å². The molecule has 1 heterocycles. The van der Waals surface area contributed by atoms with Crippen molar-refractivity contribution >= 4 is 45.1 Å². The second kappa shape index (κ2) is 6.02. The lowest BCUT2D eigenvalue weighted by atomic mass is 10.1. The van der Waals surface area contributed by atoms with E-state index >= 15 is 0 Å². The Morgan fingerprint density at radius 2 is 2.00 bits per heavy atom. The maximum absolute atomic E-state index is 12.0. The molecule has 0 saturated heterocycles. The van der Waals surface area contributed by atoms with Crippen LogP contribution in [0.2, 0.25) is 5.02 Å². The van der Waals surface area contributed by atoms with Gasteiger partial charge in [0.15, 0.2) is 0 Å². The zero-order valence-corrected chi connectivity index (χ0v) is 12.3. The summed E-state index contributed by atoms with van der Waals surface area (Å²) >= 11 is 8.95. The van der Waals surface area contributed by atoms with Crippen molar-refractivity contribution in [3.8, 4) is 0 Å². The van der Waals surface area contributed by atoms with Gasteiger partial charge in [0.1, 0.15) is 5.69 Å². The zero-order chi connectivity index (χ0) is 14.7. The number of pyridine rings is 1. The van der Waals surface area contributed by atoms with Crippen molar-refractivity contribution in [1.82, 2.24) is 4.98 Å². The molecule has 1 aromatic carbocycles. The third-order valence-corrected chi connectivity index (χ3v) is 3.14. The lowest BCUT2D eigenvalue weighted by Crippen LogP contribution is -2.16. The van der Waals surface area contributed by atoms with Crippen LogP contribution >= 0.6 is 27.5 Å². The molecule has 20 heavy (non-hydrogen) atoms. The molecular formula is C13H8BrClN2O3. The first kappa shape index (κ1) is 14.5. The molecule has 102 valence electrons. The van der Waals surface area contributed by atoms with Gasteiger partial charge in [-0.2, -0.15) is 0 Å². The zero-order valence-electron chi connectivity index (χ0n) is 9.93. The third-order valence-electron chi connectivity index (χ3n) is 2.41. The van der Waals surface area contributed by atoms with Crippen molar-refractivity contribution in [1.29, 1.82) is 0 Å². The van der Waals surface area contributed by atoms with Crippen LogP contribution in [0.15, 0.2) is 41.0 Å². The number of aromatic carboxylic acids is 1. The Bertz CT molecular complexity index is 691. The first-order valence-electron chi connectivity index (χ1n) is 5.43. The molecule has 0 aliphatic rings. The van der Waals surface area contributed by atoms with Crippen LogP contribution < -0.4 is 5.32 Å². The Morgan fingerprint density at radius 3 is 2.65 bits per heavy atom. The van der Waals surface area contributed by atoms with Crippen LogP contribution in [-0.2, 0) is 0 Å². The number of benzene rings is 1. The highest BCUT2D eigenvalue weighted by Crippen LogP contribution is 2.22. The van der Waals surface area contributed by atoms with Crippen molar-refractivity contribution in [2.75, 3.05) is 5.32 Å². The summed E-state index contributed by atoms with van der Waals surface area (Å²) in [5.41, 5.74) is 0.277. The molecule has 0 spiro atoms. The molecule has 1 aromatic heterocycles. The van der Waals surface area contributed by atoms with Crippen molar-refractivity contribution in [3.63, 3.8) is 0 Å². The van der Waals surface area contributed by atoms with Gasteiger partial charge in [-0.05, 0) is 30.3 Å². The van der Waals surface area contributed by atoms with Crippen molar-refractivity contribution in [2.24, 2.45) is 0 Å². The van der Waals surface area contributed by atoms with Crippen LogP contribution in [0, 0.1) is 0 Å². The number of halogens is 2.